The molecule has 0 saturated heterocycles. The van der Waals surface area contributed by atoms with Gasteiger partial charge in [-0.15, -0.1) is 0 Å². The van der Waals surface area contributed by atoms with Crippen molar-refractivity contribution in [2.24, 2.45) is 0 Å². The second kappa shape index (κ2) is 8.38. The summed E-state index contributed by atoms with van der Waals surface area (Å²) in [5, 5.41) is 29.8. The summed E-state index contributed by atoms with van der Waals surface area (Å²) in [5.74, 6) is 0.518. The van der Waals surface area contributed by atoms with E-state index in [1.165, 1.54) is 21.5 Å². The molecular weight excluding hydrogens is 516 g/mol. The molecule has 0 saturated carbocycles. The Bertz CT molecular complexity index is 2360. The van der Waals surface area contributed by atoms with Gasteiger partial charge in [0.1, 0.15) is 11.5 Å². The molecule has 4 heteroatoms. The highest BCUT2D eigenvalue weighted by molar-refractivity contribution is 6.22. The van der Waals surface area contributed by atoms with Crippen molar-refractivity contribution in [3.63, 3.8) is 0 Å². The van der Waals surface area contributed by atoms with Gasteiger partial charge in [-0.25, -0.2) is 0 Å². The van der Waals surface area contributed by atoms with E-state index in [0.717, 1.165) is 55.0 Å². The summed E-state index contributed by atoms with van der Waals surface area (Å²) in [6.07, 6.45) is 0. The molecule has 0 unspecified atom stereocenters. The number of phenols is 2. The van der Waals surface area contributed by atoms with Crippen molar-refractivity contribution in [3.8, 4) is 22.9 Å². The molecule has 0 fully saturated rings. The molecule has 2 N–H and O–H groups in total. The predicted molar refractivity (Wildman–Crippen MR) is 173 cm³/mol. The van der Waals surface area contributed by atoms with Crippen LogP contribution in [0.2, 0.25) is 0 Å². The molecule has 0 aliphatic carbocycles. The smallest absolute Gasteiger partial charge is 0.116 e. The Labute approximate surface area is 240 Å². The standard InChI is InChI=1S/C38H24N2O2/c41-27-15-19-33-31(21-27)37-29-7-3-1-5-23(29)9-17-35(37)39(33)25-11-13-26(14-12-25)40-34-20-16-28(42)22-32(34)38-30-8-4-2-6-24(30)10-18-36(38)40/h1-22,41-42H. The number of phenolic OH excluding ortho intramolecular Hbond substituents is 2. The predicted octanol–water partition coefficient (Wildman–Crippen LogP) is 9.60. The molecule has 0 bridgehead atoms. The van der Waals surface area contributed by atoms with Gasteiger partial charge in [-0.05, 0) is 94.3 Å². The summed E-state index contributed by atoms with van der Waals surface area (Å²) in [6.45, 7) is 0. The number of nitrogens with zero attached hydrogens (tertiary/aromatic N) is 2. The normalized spacial score (nSPS) is 12.0. The zero-order chi connectivity index (χ0) is 27.9. The summed E-state index contributed by atoms with van der Waals surface area (Å²) in [5.41, 5.74) is 6.38. The lowest BCUT2D eigenvalue weighted by Crippen LogP contribution is -1.97. The topological polar surface area (TPSA) is 50.3 Å². The number of aromatic hydroxyl groups is 2. The zero-order valence-electron chi connectivity index (χ0n) is 22.5. The van der Waals surface area contributed by atoms with Gasteiger partial charge in [0.05, 0.1) is 22.1 Å². The maximum atomic E-state index is 10.4. The number of rotatable bonds is 2. The molecule has 4 nitrogen and oxygen atoms in total. The number of aromatic nitrogens is 2. The van der Waals surface area contributed by atoms with E-state index in [1.54, 1.807) is 12.1 Å². The minimum Gasteiger partial charge on any atom is -0.508 e. The molecule has 42 heavy (non-hydrogen) atoms. The largest absolute Gasteiger partial charge is 0.508 e. The van der Waals surface area contributed by atoms with Gasteiger partial charge in [0.25, 0.3) is 0 Å². The molecule has 7 aromatic carbocycles. The maximum absolute atomic E-state index is 10.4. The van der Waals surface area contributed by atoms with Crippen LogP contribution in [0.15, 0.2) is 133 Å². The minimum atomic E-state index is 0.259. The van der Waals surface area contributed by atoms with Crippen LogP contribution in [0, 0.1) is 0 Å². The lowest BCUT2D eigenvalue weighted by Gasteiger charge is -2.12. The second-order valence-electron chi connectivity index (χ2n) is 11.0. The van der Waals surface area contributed by atoms with Crippen molar-refractivity contribution in [1.29, 1.82) is 0 Å². The van der Waals surface area contributed by atoms with Crippen molar-refractivity contribution >= 4 is 65.2 Å². The van der Waals surface area contributed by atoms with E-state index in [4.69, 9.17) is 0 Å². The van der Waals surface area contributed by atoms with Crippen molar-refractivity contribution in [2.75, 3.05) is 0 Å². The number of fused-ring (bicyclic) bond motifs is 10. The van der Waals surface area contributed by atoms with Crippen molar-refractivity contribution in [1.82, 2.24) is 9.13 Å². The van der Waals surface area contributed by atoms with Gasteiger partial charge < -0.3 is 19.3 Å². The van der Waals surface area contributed by atoms with Crippen LogP contribution in [-0.4, -0.2) is 19.3 Å². The maximum Gasteiger partial charge on any atom is 0.116 e. The SMILES string of the molecule is Oc1ccc2c(c1)c1c3ccccc3ccc1n2-c1ccc(-n2c3ccc(O)cc3c3c4ccccc4ccc32)cc1. The van der Waals surface area contributed by atoms with Crippen LogP contribution in [0.4, 0.5) is 0 Å². The molecule has 0 aliphatic heterocycles. The van der Waals surface area contributed by atoms with E-state index in [9.17, 15) is 10.2 Å². The van der Waals surface area contributed by atoms with Gasteiger partial charge in [0, 0.05) is 32.9 Å². The molecule has 0 aliphatic rings. The first-order valence-corrected chi connectivity index (χ1v) is 14.1. The van der Waals surface area contributed by atoms with Crippen LogP contribution in [0.1, 0.15) is 0 Å². The molecule has 9 rings (SSSR count). The van der Waals surface area contributed by atoms with E-state index in [1.807, 2.05) is 24.3 Å². The van der Waals surface area contributed by atoms with Crippen LogP contribution in [0.3, 0.4) is 0 Å². The van der Waals surface area contributed by atoms with Gasteiger partial charge in [-0.3, -0.25) is 0 Å². The fourth-order valence-corrected chi connectivity index (χ4v) is 6.86. The number of hydrogen-bond donors (Lipinski definition) is 2. The monoisotopic (exact) mass is 540 g/mol. The van der Waals surface area contributed by atoms with E-state index in [2.05, 4.69) is 106 Å². The number of hydrogen-bond acceptors (Lipinski definition) is 2. The Morgan fingerprint density at radius 1 is 0.357 bits per heavy atom. The number of benzene rings is 7. The van der Waals surface area contributed by atoms with Crippen molar-refractivity contribution in [3.05, 3.63) is 133 Å². The highest BCUT2D eigenvalue weighted by atomic mass is 16.3. The Hall–Kier alpha value is -5.74. The highest BCUT2D eigenvalue weighted by Crippen LogP contribution is 2.40. The molecule has 198 valence electrons. The first kappa shape index (κ1) is 23.0. The third-order valence-electron chi connectivity index (χ3n) is 8.64. The lowest BCUT2D eigenvalue weighted by atomic mass is 10.0. The third-order valence-corrected chi connectivity index (χ3v) is 8.64. The van der Waals surface area contributed by atoms with Gasteiger partial charge in [-0.2, -0.15) is 0 Å². The molecule has 9 aromatic rings. The summed E-state index contributed by atoms with van der Waals surface area (Å²) >= 11 is 0. The van der Waals surface area contributed by atoms with Crippen LogP contribution in [0.5, 0.6) is 11.5 Å². The molecule has 0 radical (unpaired) electrons. The van der Waals surface area contributed by atoms with Crippen molar-refractivity contribution < 1.29 is 10.2 Å². The van der Waals surface area contributed by atoms with Gasteiger partial charge in [-0.1, -0.05) is 60.7 Å². The zero-order valence-corrected chi connectivity index (χ0v) is 22.5. The van der Waals surface area contributed by atoms with Gasteiger partial charge >= 0.3 is 0 Å². The van der Waals surface area contributed by atoms with Gasteiger partial charge in [0.2, 0.25) is 0 Å². The second-order valence-corrected chi connectivity index (χ2v) is 11.0. The summed E-state index contributed by atoms with van der Waals surface area (Å²) in [6, 6.07) is 45.4. The third kappa shape index (κ3) is 3.12. The summed E-state index contributed by atoms with van der Waals surface area (Å²) in [7, 11) is 0. The van der Waals surface area contributed by atoms with Crippen LogP contribution < -0.4 is 0 Å². The first-order valence-electron chi connectivity index (χ1n) is 14.1. The molecule has 2 aromatic heterocycles. The van der Waals surface area contributed by atoms with E-state index >= 15 is 0 Å². The Morgan fingerprint density at radius 3 is 1.21 bits per heavy atom. The minimum absolute atomic E-state index is 0.259. The summed E-state index contributed by atoms with van der Waals surface area (Å²) < 4.78 is 4.55. The van der Waals surface area contributed by atoms with Crippen LogP contribution >= 0.6 is 0 Å². The van der Waals surface area contributed by atoms with E-state index in [-0.39, 0.29) is 11.5 Å². The van der Waals surface area contributed by atoms with E-state index < -0.39 is 0 Å². The van der Waals surface area contributed by atoms with E-state index in [0.29, 0.717) is 0 Å². The molecular formula is C38H24N2O2. The molecule has 0 spiro atoms. The van der Waals surface area contributed by atoms with Gasteiger partial charge in [0.15, 0.2) is 0 Å². The first-order chi connectivity index (χ1) is 20.7. The Morgan fingerprint density at radius 2 is 0.762 bits per heavy atom. The van der Waals surface area contributed by atoms with Crippen molar-refractivity contribution in [2.45, 2.75) is 0 Å². The molecule has 0 atom stereocenters. The Balaban J connectivity index is 1.30. The average molecular weight is 541 g/mol. The molecule has 0 amide bonds. The average Bonchev–Trinajstić information content (AvgIpc) is 3.53. The Kier molecular flexibility index (Phi) is 4.59. The quantitative estimate of drug-likeness (QED) is 0.229. The highest BCUT2D eigenvalue weighted by Gasteiger charge is 2.18. The molecule has 2 heterocycles. The fourth-order valence-electron chi connectivity index (χ4n) is 6.86. The van der Waals surface area contributed by atoms with Crippen LogP contribution in [-0.2, 0) is 0 Å². The lowest BCUT2D eigenvalue weighted by molar-refractivity contribution is 0.475. The van der Waals surface area contributed by atoms with Crippen LogP contribution in [0.25, 0.3) is 76.5 Å². The fraction of sp³-hybridized carbons (Fsp3) is 0. The summed E-state index contributed by atoms with van der Waals surface area (Å²) in [4.78, 5) is 0.